The van der Waals surface area contributed by atoms with Crippen molar-refractivity contribution in [2.24, 2.45) is 0 Å². The van der Waals surface area contributed by atoms with Crippen LogP contribution in [0.1, 0.15) is 5.56 Å². The van der Waals surface area contributed by atoms with Crippen molar-refractivity contribution in [1.29, 1.82) is 0 Å². The Bertz CT molecular complexity index is 1350. The maximum absolute atomic E-state index is 12.6. The Hall–Kier alpha value is -4.53. The molecule has 4 aromatic rings. The van der Waals surface area contributed by atoms with E-state index in [1.54, 1.807) is 54.6 Å². The molecule has 0 atom stereocenters. The number of fused-ring (bicyclic) bond motifs is 1. The van der Waals surface area contributed by atoms with Crippen LogP contribution in [0, 0.1) is 6.92 Å². The molecular formula is C23H20N6O3. The second-order valence-corrected chi connectivity index (χ2v) is 7.09. The van der Waals surface area contributed by atoms with Crippen LogP contribution < -0.4 is 21.5 Å². The van der Waals surface area contributed by atoms with Gasteiger partial charge in [0.2, 0.25) is 5.91 Å². The molecule has 9 nitrogen and oxygen atoms in total. The molecule has 0 spiro atoms. The maximum Gasteiger partial charge on any atom is 0.323 e. The van der Waals surface area contributed by atoms with Crippen molar-refractivity contribution < 1.29 is 9.59 Å². The lowest BCUT2D eigenvalue weighted by molar-refractivity contribution is -0.117. The van der Waals surface area contributed by atoms with E-state index in [4.69, 9.17) is 0 Å². The lowest BCUT2D eigenvalue weighted by Gasteiger charge is -2.12. The molecule has 1 aromatic heterocycles. The van der Waals surface area contributed by atoms with Gasteiger partial charge in [0.15, 0.2) is 0 Å². The molecule has 3 aromatic carbocycles. The van der Waals surface area contributed by atoms with Crippen LogP contribution in [0.25, 0.3) is 10.9 Å². The fourth-order valence-electron chi connectivity index (χ4n) is 3.10. The number of aromatic nitrogens is 3. The lowest BCUT2D eigenvalue weighted by atomic mass is 10.1. The molecule has 3 amide bonds. The first-order chi connectivity index (χ1) is 15.5. The summed E-state index contributed by atoms with van der Waals surface area (Å²) in [6.07, 6.45) is 0. The van der Waals surface area contributed by atoms with Gasteiger partial charge in [-0.3, -0.25) is 9.59 Å². The Morgan fingerprint density at radius 2 is 1.59 bits per heavy atom. The summed E-state index contributed by atoms with van der Waals surface area (Å²) in [5.41, 5.74) is 2.54. The molecule has 0 fully saturated rings. The highest BCUT2D eigenvalue weighted by Gasteiger charge is 2.12. The third-order valence-electron chi connectivity index (χ3n) is 4.72. The number of rotatable bonds is 5. The van der Waals surface area contributed by atoms with E-state index in [1.807, 2.05) is 25.1 Å². The van der Waals surface area contributed by atoms with E-state index in [0.29, 0.717) is 28.0 Å². The number of hydrogen-bond acceptors (Lipinski definition) is 5. The van der Waals surface area contributed by atoms with Crippen molar-refractivity contribution >= 4 is 39.9 Å². The van der Waals surface area contributed by atoms with Crippen molar-refractivity contribution in [3.8, 4) is 0 Å². The first kappa shape index (κ1) is 20.7. The van der Waals surface area contributed by atoms with Gasteiger partial charge in [0.25, 0.3) is 5.56 Å². The Morgan fingerprint density at radius 3 is 2.41 bits per heavy atom. The van der Waals surface area contributed by atoms with Gasteiger partial charge in [-0.05, 0) is 48.9 Å². The predicted octanol–water partition coefficient (Wildman–Crippen LogP) is 3.38. The van der Waals surface area contributed by atoms with E-state index in [1.165, 1.54) is 0 Å². The minimum Gasteiger partial charge on any atom is -0.324 e. The zero-order valence-electron chi connectivity index (χ0n) is 17.2. The summed E-state index contributed by atoms with van der Waals surface area (Å²) in [6.45, 7) is 1.54. The zero-order valence-corrected chi connectivity index (χ0v) is 17.2. The van der Waals surface area contributed by atoms with E-state index in [9.17, 15) is 14.4 Å². The van der Waals surface area contributed by atoms with Crippen LogP contribution in [0.15, 0.2) is 77.6 Å². The maximum atomic E-state index is 12.6. The van der Waals surface area contributed by atoms with Crippen LogP contribution in [0.3, 0.4) is 0 Å². The zero-order chi connectivity index (χ0) is 22.5. The molecular weight excluding hydrogens is 408 g/mol. The van der Waals surface area contributed by atoms with E-state index < -0.39 is 17.5 Å². The number of anilines is 3. The van der Waals surface area contributed by atoms with Gasteiger partial charge in [-0.1, -0.05) is 41.6 Å². The second kappa shape index (κ2) is 9.09. The standard InChI is InChI=1S/C23H20N6O3/c1-15-11-12-17(25-23(32)24-16-7-3-2-4-8-16)13-20(15)26-21(30)14-29-22(31)18-9-5-6-10-19(18)27-28-29/h2-13H,14H2,1H3,(H,26,30)(H2,24,25,32). The second-order valence-electron chi connectivity index (χ2n) is 7.09. The van der Waals surface area contributed by atoms with Crippen LogP contribution in [0.2, 0.25) is 0 Å². The Balaban J connectivity index is 1.45. The highest BCUT2D eigenvalue weighted by Crippen LogP contribution is 2.21. The number of para-hydroxylation sites is 1. The van der Waals surface area contributed by atoms with Gasteiger partial charge in [0.05, 0.1) is 5.39 Å². The molecule has 0 radical (unpaired) electrons. The van der Waals surface area contributed by atoms with E-state index in [-0.39, 0.29) is 6.54 Å². The molecule has 0 saturated carbocycles. The van der Waals surface area contributed by atoms with Crippen LogP contribution in [0.5, 0.6) is 0 Å². The number of carbonyl (C=O) groups excluding carboxylic acids is 2. The summed E-state index contributed by atoms with van der Waals surface area (Å²) in [4.78, 5) is 37.3. The summed E-state index contributed by atoms with van der Waals surface area (Å²) < 4.78 is 1.02. The largest absolute Gasteiger partial charge is 0.324 e. The van der Waals surface area contributed by atoms with Gasteiger partial charge in [-0.15, -0.1) is 5.10 Å². The molecule has 0 aliphatic rings. The number of nitrogens with zero attached hydrogens (tertiary/aromatic N) is 3. The highest BCUT2D eigenvalue weighted by molar-refractivity contribution is 6.00. The monoisotopic (exact) mass is 428 g/mol. The van der Waals surface area contributed by atoms with Gasteiger partial charge in [-0.25, -0.2) is 9.48 Å². The fraction of sp³-hybridized carbons (Fsp3) is 0.0870. The van der Waals surface area contributed by atoms with Crippen LogP contribution in [-0.4, -0.2) is 26.9 Å². The molecule has 0 unspecified atom stereocenters. The normalized spacial score (nSPS) is 10.5. The third-order valence-corrected chi connectivity index (χ3v) is 4.72. The summed E-state index contributed by atoms with van der Waals surface area (Å²) in [5.74, 6) is -0.439. The summed E-state index contributed by atoms with van der Waals surface area (Å²) in [5, 5.41) is 16.4. The van der Waals surface area contributed by atoms with Crippen LogP contribution in [-0.2, 0) is 11.3 Å². The molecule has 0 aliphatic heterocycles. The number of amides is 3. The first-order valence-electron chi connectivity index (χ1n) is 9.86. The van der Waals surface area contributed by atoms with E-state index in [0.717, 1.165) is 10.2 Å². The topological polar surface area (TPSA) is 118 Å². The van der Waals surface area contributed by atoms with Crippen molar-refractivity contribution in [3.63, 3.8) is 0 Å². The van der Waals surface area contributed by atoms with Crippen molar-refractivity contribution in [3.05, 3.63) is 88.7 Å². The third kappa shape index (κ3) is 4.78. The Kier molecular flexibility index (Phi) is 5.89. The van der Waals surface area contributed by atoms with Gasteiger partial charge in [-0.2, -0.15) is 0 Å². The molecule has 32 heavy (non-hydrogen) atoms. The lowest BCUT2D eigenvalue weighted by Crippen LogP contribution is -2.30. The molecule has 0 saturated heterocycles. The summed E-state index contributed by atoms with van der Waals surface area (Å²) in [6, 6.07) is 20.6. The number of benzene rings is 3. The van der Waals surface area contributed by atoms with Crippen LogP contribution >= 0.6 is 0 Å². The van der Waals surface area contributed by atoms with Crippen LogP contribution in [0.4, 0.5) is 21.9 Å². The quantitative estimate of drug-likeness (QED) is 0.450. The molecule has 9 heteroatoms. The molecule has 0 bridgehead atoms. The number of hydrogen-bond donors (Lipinski definition) is 3. The minimum absolute atomic E-state index is 0.289. The van der Waals surface area contributed by atoms with Crippen molar-refractivity contribution in [2.75, 3.05) is 16.0 Å². The molecule has 4 rings (SSSR count). The van der Waals surface area contributed by atoms with Gasteiger partial charge in [0, 0.05) is 17.1 Å². The Labute approximate surface area is 183 Å². The first-order valence-corrected chi connectivity index (χ1v) is 9.86. The van der Waals surface area contributed by atoms with E-state index >= 15 is 0 Å². The van der Waals surface area contributed by atoms with Crippen molar-refractivity contribution in [2.45, 2.75) is 13.5 Å². The Morgan fingerprint density at radius 1 is 0.875 bits per heavy atom. The molecule has 3 N–H and O–H groups in total. The smallest absolute Gasteiger partial charge is 0.323 e. The number of nitrogens with one attached hydrogen (secondary N) is 3. The summed E-state index contributed by atoms with van der Waals surface area (Å²) in [7, 11) is 0. The number of carbonyl (C=O) groups is 2. The minimum atomic E-state index is -0.439. The predicted molar refractivity (Wildman–Crippen MR) is 123 cm³/mol. The van der Waals surface area contributed by atoms with E-state index in [2.05, 4.69) is 26.3 Å². The SMILES string of the molecule is Cc1ccc(NC(=O)Nc2ccccc2)cc1NC(=O)Cn1nnc2ccccc2c1=O. The fourth-order valence-corrected chi connectivity index (χ4v) is 3.10. The number of aryl methyl sites for hydroxylation is 1. The number of urea groups is 1. The van der Waals surface area contributed by atoms with Gasteiger partial charge in [0.1, 0.15) is 12.1 Å². The molecule has 160 valence electrons. The average molecular weight is 428 g/mol. The van der Waals surface area contributed by atoms with Gasteiger partial charge >= 0.3 is 6.03 Å². The van der Waals surface area contributed by atoms with Crippen molar-refractivity contribution in [1.82, 2.24) is 15.0 Å². The van der Waals surface area contributed by atoms with Gasteiger partial charge < -0.3 is 16.0 Å². The molecule has 1 heterocycles. The average Bonchev–Trinajstić information content (AvgIpc) is 2.79. The summed E-state index contributed by atoms with van der Waals surface area (Å²) >= 11 is 0. The molecule has 0 aliphatic carbocycles. The highest BCUT2D eigenvalue weighted by atomic mass is 16.2.